The first-order valence-corrected chi connectivity index (χ1v) is 7.16. The summed E-state index contributed by atoms with van der Waals surface area (Å²) in [6.45, 7) is 5.23. The molecule has 19 heavy (non-hydrogen) atoms. The van der Waals surface area contributed by atoms with Gasteiger partial charge in [0, 0.05) is 31.5 Å². The van der Waals surface area contributed by atoms with Gasteiger partial charge in [-0.05, 0) is 32.1 Å². The van der Waals surface area contributed by atoms with E-state index in [-0.39, 0.29) is 30.2 Å². The molecule has 1 heterocycles. The summed E-state index contributed by atoms with van der Waals surface area (Å²) in [7, 11) is 0. The van der Waals surface area contributed by atoms with Crippen LogP contribution in [0.25, 0.3) is 0 Å². The molecule has 0 spiro atoms. The second-order valence-electron chi connectivity index (χ2n) is 5.85. The Bertz CT molecular complexity index is 318. The van der Waals surface area contributed by atoms with Gasteiger partial charge in [0.2, 0.25) is 5.91 Å². The van der Waals surface area contributed by atoms with Crippen LogP contribution < -0.4 is 5.73 Å². The minimum absolute atomic E-state index is 0.0160. The van der Waals surface area contributed by atoms with Crippen molar-refractivity contribution in [3.05, 3.63) is 0 Å². The standard InChI is InChI=1S/C14H26N2O3/c1-10(4-3-5-11(2)15)14(19)16-7-6-12(9-16)8-13(17)18/h10-12H,3-9,15H2,1-2H3,(H,17,18). The van der Waals surface area contributed by atoms with E-state index in [1.165, 1.54) is 0 Å². The first-order valence-electron chi connectivity index (χ1n) is 7.16. The van der Waals surface area contributed by atoms with E-state index in [2.05, 4.69) is 0 Å². The molecule has 1 rings (SSSR count). The molecular formula is C14H26N2O3. The molecule has 0 aromatic carbocycles. The average molecular weight is 270 g/mol. The van der Waals surface area contributed by atoms with Crippen molar-refractivity contribution in [3.63, 3.8) is 0 Å². The van der Waals surface area contributed by atoms with Gasteiger partial charge in [0.1, 0.15) is 0 Å². The largest absolute Gasteiger partial charge is 0.481 e. The van der Waals surface area contributed by atoms with Gasteiger partial charge in [0.25, 0.3) is 0 Å². The summed E-state index contributed by atoms with van der Waals surface area (Å²) in [5.74, 6) is -0.470. The maximum absolute atomic E-state index is 12.2. The van der Waals surface area contributed by atoms with Gasteiger partial charge in [-0.3, -0.25) is 9.59 Å². The van der Waals surface area contributed by atoms with Gasteiger partial charge in [-0.25, -0.2) is 0 Å². The zero-order chi connectivity index (χ0) is 14.4. The fourth-order valence-corrected chi connectivity index (χ4v) is 2.63. The molecule has 0 saturated carbocycles. The minimum atomic E-state index is -0.774. The number of rotatable bonds is 7. The summed E-state index contributed by atoms with van der Waals surface area (Å²) in [5, 5.41) is 8.76. The number of carboxylic acids is 1. The normalized spacial score (nSPS) is 22.3. The number of aliphatic carboxylic acids is 1. The number of amides is 1. The first kappa shape index (κ1) is 16.0. The van der Waals surface area contributed by atoms with Gasteiger partial charge in [0.15, 0.2) is 0 Å². The lowest BCUT2D eigenvalue weighted by molar-refractivity contribution is -0.139. The highest BCUT2D eigenvalue weighted by atomic mass is 16.4. The van der Waals surface area contributed by atoms with Crippen LogP contribution in [0.15, 0.2) is 0 Å². The SMILES string of the molecule is CC(N)CCCC(C)C(=O)N1CCC(CC(=O)O)C1. The molecule has 3 unspecified atom stereocenters. The van der Waals surface area contributed by atoms with Crippen molar-refractivity contribution in [3.8, 4) is 0 Å². The predicted octanol–water partition coefficient (Wildman–Crippen LogP) is 1.46. The molecule has 5 nitrogen and oxygen atoms in total. The fourth-order valence-electron chi connectivity index (χ4n) is 2.63. The third-order valence-corrected chi connectivity index (χ3v) is 3.78. The highest BCUT2D eigenvalue weighted by molar-refractivity contribution is 5.78. The first-order chi connectivity index (χ1) is 8.90. The highest BCUT2D eigenvalue weighted by Crippen LogP contribution is 2.22. The van der Waals surface area contributed by atoms with Crippen molar-refractivity contribution >= 4 is 11.9 Å². The topological polar surface area (TPSA) is 83.6 Å². The molecule has 3 N–H and O–H groups in total. The lowest BCUT2D eigenvalue weighted by Crippen LogP contribution is -2.33. The Morgan fingerprint density at radius 1 is 1.37 bits per heavy atom. The van der Waals surface area contributed by atoms with Gasteiger partial charge in [-0.1, -0.05) is 13.3 Å². The van der Waals surface area contributed by atoms with Crippen molar-refractivity contribution in [1.29, 1.82) is 0 Å². The molecule has 0 bridgehead atoms. The maximum atomic E-state index is 12.2. The Morgan fingerprint density at radius 2 is 2.05 bits per heavy atom. The van der Waals surface area contributed by atoms with E-state index in [0.29, 0.717) is 13.1 Å². The van der Waals surface area contributed by atoms with Crippen molar-refractivity contribution in [2.24, 2.45) is 17.6 Å². The van der Waals surface area contributed by atoms with E-state index >= 15 is 0 Å². The van der Waals surface area contributed by atoms with Gasteiger partial charge in [-0.15, -0.1) is 0 Å². The van der Waals surface area contributed by atoms with E-state index < -0.39 is 5.97 Å². The lowest BCUT2D eigenvalue weighted by atomic mass is 10.0. The van der Waals surface area contributed by atoms with Gasteiger partial charge >= 0.3 is 5.97 Å². The molecule has 1 aliphatic rings. The molecule has 110 valence electrons. The number of hydrogen-bond donors (Lipinski definition) is 2. The Morgan fingerprint density at radius 3 is 2.63 bits per heavy atom. The molecular weight excluding hydrogens is 244 g/mol. The van der Waals surface area contributed by atoms with Gasteiger partial charge in [-0.2, -0.15) is 0 Å². The molecule has 0 aliphatic carbocycles. The summed E-state index contributed by atoms with van der Waals surface area (Å²) in [6.07, 6.45) is 3.75. The Hall–Kier alpha value is -1.10. The molecule has 0 radical (unpaired) electrons. The molecule has 0 aromatic heterocycles. The number of carbonyl (C=O) groups excluding carboxylic acids is 1. The number of hydrogen-bond acceptors (Lipinski definition) is 3. The second-order valence-corrected chi connectivity index (χ2v) is 5.85. The summed E-state index contributed by atoms with van der Waals surface area (Å²) < 4.78 is 0. The van der Waals surface area contributed by atoms with Crippen LogP contribution in [0, 0.1) is 11.8 Å². The average Bonchev–Trinajstić information content (AvgIpc) is 2.74. The van der Waals surface area contributed by atoms with E-state index in [0.717, 1.165) is 25.7 Å². The third kappa shape index (κ3) is 5.59. The minimum Gasteiger partial charge on any atom is -0.481 e. The van der Waals surface area contributed by atoms with Crippen LogP contribution in [0.5, 0.6) is 0 Å². The maximum Gasteiger partial charge on any atom is 0.303 e. The molecule has 1 amide bonds. The smallest absolute Gasteiger partial charge is 0.303 e. The number of nitrogens with zero attached hydrogens (tertiary/aromatic N) is 1. The molecule has 1 saturated heterocycles. The van der Waals surface area contributed by atoms with E-state index in [4.69, 9.17) is 10.8 Å². The predicted molar refractivity (Wildman–Crippen MR) is 73.6 cm³/mol. The van der Waals surface area contributed by atoms with Crippen LogP contribution in [-0.2, 0) is 9.59 Å². The van der Waals surface area contributed by atoms with Crippen LogP contribution in [0.2, 0.25) is 0 Å². The van der Waals surface area contributed by atoms with E-state index in [1.54, 1.807) is 0 Å². The van der Waals surface area contributed by atoms with Crippen molar-refractivity contribution in [1.82, 2.24) is 4.90 Å². The van der Waals surface area contributed by atoms with Crippen molar-refractivity contribution in [2.45, 2.75) is 52.0 Å². The zero-order valence-corrected chi connectivity index (χ0v) is 12.0. The quantitative estimate of drug-likeness (QED) is 0.733. The monoisotopic (exact) mass is 270 g/mol. The summed E-state index contributed by atoms with van der Waals surface area (Å²) in [5.41, 5.74) is 5.69. The highest BCUT2D eigenvalue weighted by Gasteiger charge is 2.29. The summed E-state index contributed by atoms with van der Waals surface area (Å²) in [6, 6.07) is 0.189. The molecule has 1 fully saturated rings. The van der Waals surface area contributed by atoms with Crippen molar-refractivity contribution in [2.75, 3.05) is 13.1 Å². The van der Waals surface area contributed by atoms with Crippen LogP contribution in [0.1, 0.15) is 46.0 Å². The lowest BCUT2D eigenvalue weighted by Gasteiger charge is -2.21. The van der Waals surface area contributed by atoms with Crippen molar-refractivity contribution < 1.29 is 14.7 Å². The van der Waals surface area contributed by atoms with Crippen LogP contribution >= 0.6 is 0 Å². The summed E-state index contributed by atoms with van der Waals surface area (Å²) >= 11 is 0. The van der Waals surface area contributed by atoms with E-state index in [1.807, 2.05) is 18.7 Å². The van der Waals surface area contributed by atoms with Crippen LogP contribution in [0.3, 0.4) is 0 Å². The van der Waals surface area contributed by atoms with Gasteiger partial charge in [0.05, 0.1) is 0 Å². The fraction of sp³-hybridized carbons (Fsp3) is 0.857. The number of nitrogens with two attached hydrogens (primary N) is 1. The second kappa shape index (κ2) is 7.48. The van der Waals surface area contributed by atoms with Gasteiger partial charge < -0.3 is 15.7 Å². The molecule has 3 atom stereocenters. The Balaban J connectivity index is 2.31. The Labute approximate surface area is 115 Å². The number of likely N-dealkylation sites (tertiary alicyclic amines) is 1. The third-order valence-electron chi connectivity index (χ3n) is 3.78. The summed E-state index contributed by atoms with van der Waals surface area (Å²) in [4.78, 5) is 24.7. The van der Waals surface area contributed by atoms with E-state index in [9.17, 15) is 9.59 Å². The van der Waals surface area contributed by atoms with Crippen LogP contribution in [0.4, 0.5) is 0 Å². The Kier molecular flexibility index (Phi) is 6.28. The molecule has 5 heteroatoms. The zero-order valence-electron chi connectivity index (χ0n) is 12.0. The molecule has 1 aliphatic heterocycles. The van der Waals surface area contributed by atoms with Crippen LogP contribution in [-0.4, -0.2) is 41.0 Å². The molecule has 0 aromatic rings. The number of carbonyl (C=O) groups is 2. The number of carboxylic acid groups (broad SMARTS) is 1.